The summed E-state index contributed by atoms with van der Waals surface area (Å²) in [6, 6.07) is 7.93. The summed E-state index contributed by atoms with van der Waals surface area (Å²) in [6.45, 7) is 9.71. The van der Waals surface area contributed by atoms with Gasteiger partial charge in [0.05, 0.1) is 30.1 Å². The summed E-state index contributed by atoms with van der Waals surface area (Å²) in [5.74, 6) is -3.89. The van der Waals surface area contributed by atoms with Crippen molar-refractivity contribution >= 4 is 17.8 Å². The summed E-state index contributed by atoms with van der Waals surface area (Å²) in [4.78, 5) is 43.8. The summed E-state index contributed by atoms with van der Waals surface area (Å²) in [5.41, 5.74) is -1.31. The zero-order chi connectivity index (χ0) is 25.5. The highest BCUT2D eigenvalue weighted by Gasteiger charge is 2.79. The molecular weight excluding hydrogens is 448 g/mol. The molecule has 8 nitrogen and oxygen atoms in total. The standard InChI is InChI=1S/C27H36N2O6/c1-5-14-28(15-18-10-8-7-9-11-18)24(32)22-27-13-12-26(4,35-27)21(25(33)34)20(27)23(31)29(22)19(16-30)17(3)6-2/h5,7-11,17,19-22,30H,1,6,12-16H2,2-4H3,(H,33,34)/t17-,19-,20-,21+,22?,26-,27?/m0/s1. The van der Waals surface area contributed by atoms with E-state index in [1.165, 1.54) is 4.90 Å². The Hall–Kier alpha value is -2.71. The van der Waals surface area contributed by atoms with E-state index in [1.807, 2.05) is 44.2 Å². The predicted octanol–water partition coefficient (Wildman–Crippen LogP) is 2.46. The molecule has 3 aliphatic heterocycles. The Kier molecular flexibility index (Phi) is 6.81. The first-order valence-corrected chi connectivity index (χ1v) is 12.4. The molecule has 3 heterocycles. The quantitative estimate of drug-likeness (QED) is 0.494. The van der Waals surface area contributed by atoms with E-state index in [9.17, 15) is 24.6 Å². The van der Waals surface area contributed by atoms with Crippen LogP contribution in [-0.4, -0.2) is 74.2 Å². The molecule has 2 N–H and O–H groups in total. The largest absolute Gasteiger partial charge is 0.481 e. The maximum absolute atomic E-state index is 14.3. The molecule has 35 heavy (non-hydrogen) atoms. The summed E-state index contributed by atoms with van der Waals surface area (Å²) in [6.07, 6.45) is 3.21. The van der Waals surface area contributed by atoms with E-state index in [0.29, 0.717) is 25.8 Å². The number of carbonyl (C=O) groups is 3. The monoisotopic (exact) mass is 484 g/mol. The molecule has 3 aliphatic rings. The number of ether oxygens (including phenoxy) is 1. The van der Waals surface area contributed by atoms with Crippen LogP contribution in [0, 0.1) is 17.8 Å². The lowest BCUT2D eigenvalue weighted by atomic mass is 9.66. The average Bonchev–Trinajstić information content (AvgIpc) is 3.40. The van der Waals surface area contributed by atoms with Gasteiger partial charge in [0.15, 0.2) is 0 Å². The van der Waals surface area contributed by atoms with E-state index >= 15 is 0 Å². The van der Waals surface area contributed by atoms with Gasteiger partial charge in [-0.25, -0.2) is 0 Å². The number of fused-ring (bicyclic) bond motifs is 1. The van der Waals surface area contributed by atoms with Crippen molar-refractivity contribution in [1.29, 1.82) is 0 Å². The Bertz CT molecular complexity index is 999. The number of hydrogen-bond donors (Lipinski definition) is 2. The van der Waals surface area contributed by atoms with Gasteiger partial charge in [-0.05, 0) is 31.2 Å². The molecule has 3 saturated heterocycles. The molecule has 0 saturated carbocycles. The lowest BCUT2D eigenvalue weighted by Crippen LogP contribution is -2.59. The van der Waals surface area contributed by atoms with Crippen molar-refractivity contribution in [3.63, 3.8) is 0 Å². The highest BCUT2D eigenvalue weighted by molar-refractivity contribution is 5.98. The van der Waals surface area contributed by atoms with Gasteiger partial charge in [-0.3, -0.25) is 14.4 Å². The number of carboxylic acids is 1. The third kappa shape index (κ3) is 3.87. The van der Waals surface area contributed by atoms with Crippen molar-refractivity contribution in [2.75, 3.05) is 13.2 Å². The normalized spacial score (nSPS) is 32.9. The fourth-order valence-electron chi connectivity index (χ4n) is 6.56. The molecular formula is C27H36N2O6. The smallest absolute Gasteiger partial charge is 0.310 e. The van der Waals surface area contributed by atoms with Gasteiger partial charge in [-0.2, -0.15) is 0 Å². The van der Waals surface area contributed by atoms with Gasteiger partial charge in [-0.15, -0.1) is 6.58 Å². The SMILES string of the molecule is C=CCN(Cc1ccccc1)C(=O)C1N([C@@H](CO)[C@@H](C)CC)C(=O)[C@@H]2[C@H](C(=O)O)[C@]3(C)CCC12O3. The molecule has 7 atom stereocenters. The second-order valence-electron chi connectivity index (χ2n) is 10.4. The lowest BCUT2D eigenvalue weighted by Gasteiger charge is -2.41. The molecule has 8 heteroatoms. The van der Waals surface area contributed by atoms with Crippen molar-refractivity contribution in [3.8, 4) is 0 Å². The average molecular weight is 485 g/mol. The Balaban J connectivity index is 1.81. The number of aliphatic hydroxyl groups is 1. The van der Waals surface area contributed by atoms with Crippen LogP contribution < -0.4 is 0 Å². The third-order valence-electron chi connectivity index (χ3n) is 8.44. The molecule has 1 aromatic carbocycles. The molecule has 3 fully saturated rings. The van der Waals surface area contributed by atoms with Gasteiger partial charge < -0.3 is 24.7 Å². The second kappa shape index (κ2) is 9.39. The molecule has 0 aliphatic carbocycles. The van der Waals surface area contributed by atoms with Crippen molar-refractivity contribution < 1.29 is 29.3 Å². The van der Waals surface area contributed by atoms with Crippen molar-refractivity contribution in [1.82, 2.24) is 9.80 Å². The fourth-order valence-corrected chi connectivity index (χ4v) is 6.56. The van der Waals surface area contributed by atoms with Gasteiger partial charge >= 0.3 is 5.97 Å². The minimum Gasteiger partial charge on any atom is -0.481 e. The van der Waals surface area contributed by atoms with Crippen LogP contribution in [0.5, 0.6) is 0 Å². The minimum atomic E-state index is -1.23. The predicted molar refractivity (Wildman–Crippen MR) is 129 cm³/mol. The van der Waals surface area contributed by atoms with Crippen LogP contribution in [0.2, 0.25) is 0 Å². The Labute approximate surface area is 206 Å². The van der Waals surface area contributed by atoms with Crippen molar-refractivity contribution in [3.05, 3.63) is 48.6 Å². The molecule has 0 radical (unpaired) electrons. The number of likely N-dealkylation sites (tertiary alicyclic amines) is 1. The molecule has 190 valence electrons. The topological polar surface area (TPSA) is 107 Å². The van der Waals surface area contributed by atoms with E-state index in [4.69, 9.17) is 4.74 Å². The second-order valence-corrected chi connectivity index (χ2v) is 10.4. The van der Waals surface area contributed by atoms with Crippen molar-refractivity contribution in [2.45, 2.75) is 69.9 Å². The summed E-state index contributed by atoms with van der Waals surface area (Å²) in [5, 5.41) is 20.5. The lowest BCUT2D eigenvalue weighted by molar-refractivity contribution is -0.159. The number of rotatable bonds is 10. The van der Waals surface area contributed by atoms with E-state index < -0.39 is 47.0 Å². The number of amides is 2. The summed E-state index contributed by atoms with van der Waals surface area (Å²) >= 11 is 0. The number of aliphatic hydroxyl groups excluding tert-OH is 1. The minimum absolute atomic E-state index is 0.0903. The summed E-state index contributed by atoms with van der Waals surface area (Å²) < 4.78 is 6.47. The Morgan fingerprint density at radius 1 is 1.31 bits per heavy atom. The molecule has 4 rings (SSSR count). The van der Waals surface area contributed by atoms with Gasteiger partial charge in [0.1, 0.15) is 11.6 Å². The van der Waals surface area contributed by atoms with Crippen LogP contribution in [0.25, 0.3) is 0 Å². The molecule has 1 spiro atoms. The van der Waals surface area contributed by atoms with Gasteiger partial charge in [0.25, 0.3) is 0 Å². The van der Waals surface area contributed by atoms with Gasteiger partial charge in [0, 0.05) is 13.1 Å². The molecule has 2 bridgehead atoms. The van der Waals surface area contributed by atoms with Gasteiger partial charge in [0.2, 0.25) is 11.8 Å². The zero-order valence-corrected chi connectivity index (χ0v) is 20.7. The first-order valence-electron chi connectivity index (χ1n) is 12.4. The Morgan fingerprint density at radius 2 is 2.00 bits per heavy atom. The molecule has 1 aromatic rings. The zero-order valence-electron chi connectivity index (χ0n) is 20.7. The van der Waals surface area contributed by atoms with Crippen LogP contribution in [0.1, 0.15) is 45.6 Å². The number of benzene rings is 1. The number of carbonyl (C=O) groups excluding carboxylic acids is 2. The first-order chi connectivity index (χ1) is 16.6. The van der Waals surface area contributed by atoms with Crippen LogP contribution in [0.3, 0.4) is 0 Å². The Morgan fingerprint density at radius 3 is 2.57 bits per heavy atom. The van der Waals surface area contributed by atoms with E-state index in [0.717, 1.165) is 5.56 Å². The van der Waals surface area contributed by atoms with E-state index in [1.54, 1.807) is 17.9 Å². The van der Waals surface area contributed by atoms with Crippen molar-refractivity contribution in [2.24, 2.45) is 17.8 Å². The van der Waals surface area contributed by atoms with E-state index in [2.05, 4.69) is 6.58 Å². The third-order valence-corrected chi connectivity index (χ3v) is 8.44. The number of hydrogen-bond acceptors (Lipinski definition) is 5. The molecule has 2 unspecified atom stereocenters. The fraction of sp³-hybridized carbons (Fsp3) is 0.593. The number of nitrogens with zero attached hydrogens (tertiary/aromatic N) is 2. The van der Waals surface area contributed by atoms with E-state index in [-0.39, 0.29) is 25.0 Å². The number of aliphatic carboxylic acids is 1. The molecule has 2 amide bonds. The maximum Gasteiger partial charge on any atom is 0.310 e. The summed E-state index contributed by atoms with van der Waals surface area (Å²) in [7, 11) is 0. The van der Waals surface area contributed by atoms with Crippen LogP contribution >= 0.6 is 0 Å². The molecule has 0 aromatic heterocycles. The first kappa shape index (κ1) is 25.4. The highest BCUT2D eigenvalue weighted by Crippen LogP contribution is 2.63. The van der Waals surface area contributed by atoms with Crippen LogP contribution in [-0.2, 0) is 25.7 Å². The van der Waals surface area contributed by atoms with Gasteiger partial charge in [-0.1, -0.05) is 56.7 Å². The van der Waals surface area contributed by atoms with Crippen LogP contribution in [0.4, 0.5) is 0 Å². The number of carboxylic acid groups (broad SMARTS) is 1. The maximum atomic E-state index is 14.3. The van der Waals surface area contributed by atoms with Crippen LogP contribution in [0.15, 0.2) is 43.0 Å². The highest BCUT2D eigenvalue weighted by atomic mass is 16.5.